The Kier molecular flexibility index (Phi) is 5.29. The van der Waals surface area contributed by atoms with E-state index in [1.165, 1.54) is 0 Å². The molecule has 0 saturated carbocycles. The molecule has 2 rings (SSSR count). The van der Waals surface area contributed by atoms with Gasteiger partial charge in [-0.1, -0.05) is 38.1 Å². The van der Waals surface area contributed by atoms with Crippen molar-refractivity contribution in [1.29, 1.82) is 0 Å². The van der Waals surface area contributed by atoms with Crippen LogP contribution in [0.5, 0.6) is 0 Å². The van der Waals surface area contributed by atoms with Gasteiger partial charge in [0.1, 0.15) is 0 Å². The predicted molar refractivity (Wildman–Crippen MR) is 95.7 cm³/mol. The summed E-state index contributed by atoms with van der Waals surface area (Å²) >= 11 is 0. The molecule has 5 nitrogen and oxygen atoms in total. The van der Waals surface area contributed by atoms with E-state index in [1.54, 1.807) is 25.1 Å². The highest BCUT2D eigenvalue weighted by Gasteiger charge is 2.22. The molecule has 0 aromatic heterocycles. The number of aryl methyl sites for hydroxylation is 2. The van der Waals surface area contributed by atoms with Crippen molar-refractivity contribution < 1.29 is 13.2 Å². The molecule has 6 heteroatoms. The number of anilines is 1. The predicted octanol–water partition coefficient (Wildman–Crippen LogP) is 3.02. The Morgan fingerprint density at radius 1 is 1.04 bits per heavy atom. The van der Waals surface area contributed by atoms with E-state index in [9.17, 15) is 13.2 Å². The number of carbonyl (C=O) groups excluding carboxylic acids is 1. The maximum absolute atomic E-state index is 13.0. The summed E-state index contributed by atoms with van der Waals surface area (Å²) in [5.74, 6) is -0.586. The highest BCUT2D eigenvalue weighted by atomic mass is 32.2. The van der Waals surface area contributed by atoms with Gasteiger partial charge in [0.15, 0.2) is 0 Å². The van der Waals surface area contributed by atoms with E-state index in [0.29, 0.717) is 34.6 Å². The Morgan fingerprint density at radius 2 is 1.58 bits per heavy atom. The summed E-state index contributed by atoms with van der Waals surface area (Å²) in [6, 6.07) is 10.3. The Labute approximate surface area is 142 Å². The maximum Gasteiger partial charge on any atom is 0.262 e. The summed E-state index contributed by atoms with van der Waals surface area (Å²) in [6.45, 7) is 5.52. The molecule has 1 amide bonds. The van der Waals surface area contributed by atoms with Gasteiger partial charge in [-0.3, -0.25) is 9.52 Å². The maximum atomic E-state index is 13.0. The van der Waals surface area contributed by atoms with Crippen LogP contribution < -0.4 is 10.5 Å². The molecule has 0 radical (unpaired) electrons. The van der Waals surface area contributed by atoms with Crippen molar-refractivity contribution in [3.05, 3.63) is 58.7 Å². The zero-order valence-electron chi connectivity index (χ0n) is 14.1. The van der Waals surface area contributed by atoms with Crippen LogP contribution in [0.3, 0.4) is 0 Å². The molecular formula is C18H22N2O3S. The molecule has 0 saturated heterocycles. The molecule has 24 heavy (non-hydrogen) atoms. The lowest BCUT2D eigenvalue weighted by atomic mass is 10.1. The van der Waals surface area contributed by atoms with Crippen molar-refractivity contribution >= 4 is 21.6 Å². The third-order valence-corrected chi connectivity index (χ3v) is 5.60. The fraction of sp³-hybridized carbons (Fsp3) is 0.278. The van der Waals surface area contributed by atoms with E-state index in [0.717, 1.165) is 11.1 Å². The second-order valence-corrected chi connectivity index (χ2v) is 7.18. The van der Waals surface area contributed by atoms with Gasteiger partial charge in [-0.25, -0.2) is 8.42 Å². The van der Waals surface area contributed by atoms with Crippen molar-refractivity contribution in [3.8, 4) is 0 Å². The van der Waals surface area contributed by atoms with Gasteiger partial charge in [-0.15, -0.1) is 0 Å². The largest absolute Gasteiger partial charge is 0.366 e. The molecule has 128 valence electrons. The quantitative estimate of drug-likeness (QED) is 0.842. The van der Waals surface area contributed by atoms with E-state index in [2.05, 4.69) is 4.72 Å². The zero-order chi connectivity index (χ0) is 17.9. The fourth-order valence-corrected chi connectivity index (χ4v) is 4.48. The molecule has 0 aliphatic heterocycles. The van der Waals surface area contributed by atoms with Crippen LogP contribution in [0.15, 0.2) is 41.3 Å². The van der Waals surface area contributed by atoms with E-state index in [4.69, 9.17) is 5.73 Å². The second-order valence-electron chi connectivity index (χ2n) is 5.56. The molecule has 0 bridgehead atoms. The Bertz CT molecular complexity index is 852. The summed E-state index contributed by atoms with van der Waals surface area (Å²) in [5.41, 5.74) is 8.05. The van der Waals surface area contributed by atoms with E-state index < -0.39 is 15.9 Å². The Morgan fingerprint density at radius 3 is 2.08 bits per heavy atom. The second kappa shape index (κ2) is 7.05. The van der Waals surface area contributed by atoms with Gasteiger partial charge in [0.05, 0.1) is 10.6 Å². The number of hydrogen-bond donors (Lipinski definition) is 2. The number of amides is 1. The first-order valence-corrected chi connectivity index (χ1v) is 9.33. The summed E-state index contributed by atoms with van der Waals surface area (Å²) in [6.07, 6.45) is 1.23. The lowest BCUT2D eigenvalue weighted by Gasteiger charge is -2.17. The van der Waals surface area contributed by atoms with Gasteiger partial charge < -0.3 is 5.73 Å². The highest BCUT2D eigenvalue weighted by Crippen LogP contribution is 2.27. The van der Waals surface area contributed by atoms with Gasteiger partial charge in [-0.05, 0) is 48.6 Å². The van der Waals surface area contributed by atoms with Crippen LogP contribution in [-0.4, -0.2) is 14.3 Å². The Hall–Kier alpha value is -2.34. The van der Waals surface area contributed by atoms with E-state index in [-0.39, 0.29) is 0 Å². The topological polar surface area (TPSA) is 89.3 Å². The number of rotatable bonds is 6. The summed E-state index contributed by atoms with van der Waals surface area (Å²) in [7, 11) is -3.77. The lowest BCUT2D eigenvalue weighted by Crippen LogP contribution is -2.19. The molecular weight excluding hydrogens is 324 g/mol. The normalized spacial score (nSPS) is 11.3. The zero-order valence-corrected chi connectivity index (χ0v) is 14.9. The first-order chi connectivity index (χ1) is 11.3. The van der Waals surface area contributed by atoms with E-state index >= 15 is 0 Å². The van der Waals surface area contributed by atoms with Crippen LogP contribution in [0.1, 0.15) is 40.9 Å². The van der Waals surface area contributed by atoms with Gasteiger partial charge in [0.25, 0.3) is 10.0 Å². The average Bonchev–Trinajstić information content (AvgIpc) is 2.55. The molecule has 0 atom stereocenters. The van der Waals surface area contributed by atoms with Gasteiger partial charge >= 0.3 is 0 Å². The first-order valence-electron chi connectivity index (χ1n) is 7.84. The van der Waals surface area contributed by atoms with Crippen LogP contribution in [0.2, 0.25) is 0 Å². The SMILES string of the molecule is CCc1cccc(CC)c1S(=O)(=O)Nc1cccc(C(N)=O)c1C. The number of primary amides is 1. The Balaban J connectivity index is 2.55. The lowest BCUT2D eigenvalue weighted by molar-refractivity contribution is 0.0999. The molecule has 3 N–H and O–H groups in total. The van der Waals surface area contributed by atoms with Gasteiger partial charge in [0.2, 0.25) is 5.91 Å². The van der Waals surface area contributed by atoms with Crippen LogP contribution in [-0.2, 0) is 22.9 Å². The number of benzene rings is 2. The van der Waals surface area contributed by atoms with Crippen LogP contribution in [0.4, 0.5) is 5.69 Å². The number of nitrogens with two attached hydrogens (primary N) is 1. The van der Waals surface area contributed by atoms with Crippen molar-refractivity contribution in [1.82, 2.24) is 0 Å². The summed E-state index contributed by atoms with van der Waals surface area (Å²) in [5, 5.41) is 0. The third-order valence-electron chi connectivity index (χ3n) is 4.05. The van der Waals surface area contributed by atoms with Crippen LogP contribution >= 0.6 is 0 Å². The van der Waals surface area contributed by atoms with Crippen molar-refractivity contribution in [2.45, 2.75) is 38.5 Å². The highest BCUT2D eigenvalue weighted by molar-refractivity contribution is 7.92. The minimum atomic E-state index is -3.77. The van der Waals surface area contributed by atoms with Gasteiger partial charge in [-0.2, -0.15) is 0 Å². The van der Waals surface area contributed by atoms with E-state index in [1.807, 2.05) is 32.0 Å². The first kappa shape index (κ1) is 18.0. The van der Waals surface area contributed by atoms with Gasteiger partial charge in [0, 0.05) is 5.56 Å². The molecule has 0 heterocycles. The molecule has 0 spiro atoms. The molecule has 0 unspecified atom stereocenters. The smallest absolute Gasteiger partial charge is 0.262 e. The molecule has 2 aromatic carbocycles. The molecule has 0 fully saturated rings. The summed E-state index contributed by atoms with van der Waals surface area (Å²) in [4.78, 5) is 11.8. The van der Waals surface area contributed by atoms with Crippen molar-refractivity contribution in [2.24, 2.45) is 5.73 Å². The fourth-order valence-electron chi connectivity index (χ4n) is 2.75. The summed E-state index contributed by atoms with van der Waals surface area (Å²) < 4.78 is 28.5. The number of sulfonamides is 1. The monoisotopic (exact) mass is 346 g/mol. The number of hydrogen-bond acceptors (Lipinski definition) is 3. The number of nitrogens with one attached hydrogen (secondary N) is 1. The van der Waals surface area contributed by atoms with Crippen molar-refractivity contribution in [3.63, 3.8) is 0 Å². The minimum Gasteiger partial charge on any atom is -0.366 e. The molecule has 2 aromatic rings. The number of carbonyl (C=O) groups is 1. The standard InChI is InChI=1S/C18H22N2O3S/c1-4-13-8-6-9-14(5-2)17(13)24(22,23)20-16-11-7-10-15(12(16)3)18(19)21/h6-11,20H,4-5H2,1-3H3,(H2,19,21). The molecule has 0 aliphatic rings. The third kappa shape index (κ3) is 3.43. The van der Waals surface area contributed by atoms with Crippen LogP contribution in [0, 0.1) is 6.92 Å². The molecule has 0 aliphatic carbocycles. The van der Waals surface area contributed by atoms with Crippen molar-refractivity contribution in [2.75, 3.05) is 4.72 Å². The average molecular weight is 346 g/mol. The minimum absolute atomic E-state index is 0.301. The van der Waals surface area contributed by atoms with Crippen LogP contribution in [0.25, 0.3) is 0 Å².